The maximum Gasteiger partial charge on any atom is 0.257 e. The van der Waals surface area contributed by atoms with Gasteiger partial charge in [-0.1, -0.05) is 23.7 Å². The highest BCUT2D eigenvalue weighted by Gasteiger charge is 2.11. The predicted octanol–water partition coefficient (Wildman–Crippen LogP) is 3.82. The van der Waals surface area contributed by atoms with Crippen LogP contribution in [0.3, 0.4) is 0 Å². The summed E-state index contributed by atoms with van der Waals surface area (Å²) in [5, 5.41) is 3.38. The molecule has 0 saturated carbocycles. The van der Waals surface area contributed by atoms with Crippen LogP contribution in [0.4, 0.5) is 5.69 Å². The van der Waals surface area contributed by atoms with Crippen LogP contribution in [0.1, 0.15) is 15.9 Å². The first-order valence-electron chi connectivity index (χ1n) is 8.48. The van der Waals surface area contributed by atoms with E-state index < -0.39 is 0 Å². The van der Waals surface area contributed by atoms with Gasteiger partial charge in [0.2, 0.25) is 0 Å². The lowest BCUT2D eigenvalue weighted by Gasteiger charge is -2.12. The monoisotopic (exact) mass is 398 g/mol. The molecular weight excluding hydrogens is 380 g/mol. The number of nitrogens with one attached hydrogen (secondary N) is 1. The molecule has 1 heterocycles. The van der Waals surface area contributed by atoms with Crippen molar-refractivity contribution in [1.29, 1.82) is 0 Å². The molecule has 6 nitrogen and oxygen atoms in total. The fraction of sp³-hybridized carbons (Fsp3) is 0.143. The Kier molecular flexibility index (Phi) is 6.01. The quantitative estimate of drug-likeness (QED) is 0.685. The topological polar surface area (TPSA) is 69.6 Å². The Balaban J connectivity index is 1.82. The molecule has 7 heteroatoms. The maximum atomic E-state index is 12.6. The summed E-state index contributed by atoms with van der Waals surface area (Å²) in [6, 6.07) is 15.2. The number of aromatic nitrogens is 1. The number of amides is 1. The molecule has 2 aromatic carbocycles. The van der Waals surface area contributed by atoms with Gasteiger partial charge in [-0.05, 0) is 35.9 Å². The number of hydrogen-bond donors (Lipinski definition) is 1. The van der Waals surface area contributed by atoms with E-state index in [1.807, 2.05) is 12.1 Å². The first kappa shape index (κ1) is 19.5. The summed E-state index contributed by atoms with van der Waals surface area (Å²) in [4.78, 5) is 24.8. The zero-order valence-corrected chi connectivity index (χ0v) is 16.2. The third-order valence-corrected chi connectivity index (χ3v) is 4.36. The van der Waals surface area contributed by atoms with Gasteiger partial charge in [-0.25, -0.2) is 0 Å². The van der Waals surface area contributed by atoms with Crippen LogP contribution in [0.25, 0.3) is 0 Å². The van der Waals surface area contributed by atoms with Crippen LogP contribution in [0.5, 0.6) is 11.5 Å². The Morgan fingerprint density at radius 1 is 1.04 bits per heavy atom. The minimum Gasteiger partial charge on any atom is -0.493 e. The Morgan fingerprint density at radius 3 is 2.54 bits per heavy atom. The second-order valence-corrected chi connectivity index (χ2v) is 6.47. The summed E-state index contributed by atoms with van der Waals surface area (Å²) in [7, 11) is 3.06. The number of benzene rings is 2. The molecule has 1 aromatic heterocycles. The third-order valence-electron chi connectivity index (χ3n) is 4.13. The van der Waals surface area contributed by atoms with E-state index in [1.54, 1.807) is 37.4 Å². The van der Waals surface area contributed by atoms with Crippen molar-refractivity contribution < 1.29 is 14.3 Å². The molecule has 0 unspecified atom stereocenters. The largest absolute Gasteiger partial charge is 0.493 e. The lowest BCUT2D eigenvalue weighted by Crippen LogP contribution is -2.22. The summed E-state index contributed by atoms with van der Waals surface area (Å²) < 4.78 is 11.9. The van der Waals surface area contributed by atoms with E-state index >= 15 is 0 Å². The molecule has 0 aliphatic rings. The molecule has 3 aromatic rings. The van der Waals surface area contributed by atoms with Gasteiger partial charge in [0.15, 0.2) is 11.5 Å². The number of ether oxygens (including phenoxy) is 2. The van der Waals surface area contributed by atoms with E-state index in [0.29, 0.717) is 34.3 Å². The first-order valence-corrected chi connectivity index (χ1v) is 8.86. The lowest BCUT2D eigenvalue weighted by molar-refractivity contribution is 0.102. The van der Waals surface area contributed by atoms with Gasteiger partial charge in [-0.15, -0.1) is 0 Å². The fourth-order valence-electron chi connectivity index (χ4n) is 2.74. The summed E-state index contributed by atoms with van der Waals surface area (Å²) >= 11 is 6.00. The van der Waals surface area contributed by atoms with E-state index in [2.05, 4.69) is 5.32 Å². The molecule has 144 valence electrons. The van der Waals surface area contributed by atoms with E-state index in [-0.39, 0.29) is 11.5 Å². The van der Waals surface area contributed by atoms with Crippen LogP contribution in [-0.4, -0.2) is 24.7 Å². The highest BCUT2D eigenvalue weighted by molar-refractivity contribution is 6.30. The average Bonchev–Trinajstić information content (AvgIpc) is 2.69. The van der Waals surface area contributed by atoms with Crippen LogP contribution in [0.15, 0.2) is 65.6 Å². The Hall–Kier alpha value is -3.25. The van der Waals surface area contributed by atoms with E-state index in [0.717, 1.165) is 5.56 Å². The predicted molar refractivity (Wildman–Crippen MR) is 109 cm³/mol. The molecule has 0 atom stereocenters. The van der Waals surface area contributed by atoms with E-state index in [4.69, 9.17) is 21.1 Å². The van der Waals surface area contributed by atoms with E-state index in [1.165, 1.54) is 30.0 Å². The molecule has 28 heavy (non-hydrogen) atoms. The Bertz CT molecular complexity index is 1060. The van der Waals surface area contributed by atoms with Crippen LogP contribution < -0.4 is 20.3 Å². The Labute approximate surface area is 167 Å². The van der Waals surface area contributed by atoms with Gasteiger partial charge in [-0.3, -0.25) is 9.59 Å². The first-order chi connectivity index (χ1) is 13.5. The van der Waals surface area contributed by atoms with Crippen LogP contribution in [-0.2, 0) is 6.54 Å². The number of carbonyl (C=O) groups excluding carboxylic acids is 1. The second-order valence-electron chi connectivity index (χ2n) is 6.04. The van der Waals surface area contributed by atoms with Gasteiger partial charge >= 0.3 is 0 Å². The van der Waals surface area contributed by atoms with Crippen molar-refractivity contribution in [1.82, 2.24) is 4.57 Å². The number of nitrogens with zero attached hydrogens (tertiary/aromatic N) is 1. The number of pyridine rings is 1. The normalized spacial score (nSPS) is 10.4. The standard InChI is InChI=1S/C21H19ClN2O4/c1-27-18-8-7-17(11-19(18)28-2)23-21(26)15-6-9-20(25)24(13-15)12-14-4-3-5-16(22)10-14/h3-11,13H,12H2,1-2H3,(H,23,26). The van der Waals surface area contributed by atoms with Crippen molar-refractivity contribution in [2.75, 3.05) is 19.5 Å². The summed E-state index contributed by atoms with van der Waals surface area (Å²) in [5.41, 5.74) is 1.57. The summed E-state index contributed by atoms with van der Waals surface area (Å²) in [6.45, 7) is 0.316. The molecule has 0 aliphatic carbocycles. The Morgan fingerprint density at radius 2 is 1.82 bits per heavy atom. The molecular formula is C21H19ClN2O4. The summed E-state index contributed by atoms with van der Waals surface area (Å²) in [5.74, 6) is 0.730. The minimum absolute atomic E-state index is 0.206. The minimum atomic E-state index is -0.341. The zero-order chi connectivity index (χ0) is 20.1. The second kappa shape index (κ2) is 8.63. The highest BCUT2D eigenvalue weighted by Crippen LogP contribution is 2.29. The molecule has 0 spiro atoms. The number of halogens is 1. The average molecular weight is 399 g/mol. The van der Waals surface area contributed by atoms with Gasteiger partial charge in [0.25, 0.3) is 11.5 Å². The number of rotatable bonds is 6. The molecule has 1 N–H and O–H groups in total. The van der Waals surface area contributed by atoms with Gasteiger partial charge in [-0.2, -0.15) is 0 Å². The summed E-state index contributed by atoms with van der Waals surface area (Å²) in [6.07, 6.45) is 1.53. The van der Waals surface area contributed by atoms with Crippen molar-refractivity contribution in [2.45, 2.75) is 6.54 Å². The van der Waals surface area contributed by atoms with Crippen molar-refractivity contribution in [3.8, 4) is 11.5 Å². The fourth-order valence-corrected chi connectivity index (χ4v) is 2.95. The van der Waals surface area contributed by atoms with Gasteiger partial charge in [0.05, 0.1) is 26.3 Å². The molecule has 0 aliphatic heterocycles. The van der Waals surface area contributed by atoms with Crippen LogP contribution in [0, 0.1) is 0 Å². The highest BCUT2D eigenvalue weighted by atomic mass is 35.5. The number of methoxy groups -OCH3 is 2. The smallest absolute Gasteiger partial charge is 0.257 e. The molecule has 1 amide bonds. The van der Waals surface area contributed by atoms with Crippen molar-refractivity contribution in [3.05, 3.63) is 87.3 Å². The molecule has 0 saturated heterocycles. The molecule has 0 fully saturated rings. The third kappa shape index (κ3) is 4.53. The lowest BCUT2D eigenvalue weighted by atomic mass is 10.2. The van der Waals surface area contributed by atoms with Crippen LogP contribution >= 0.6 is 11.6 Å². The van der Waals surface area contributed by atoms with Gasteiger partial charge in [0.1, 0.15) is 0 Å². The van der Waals surface area contributed by atoms with Crippen molar-refractivity contribution in [2.24, 2.45) is 0 Å². The molecule has 0 radical (unpaired) electrons. The van der Waals surface area contributed by atoms with Crippen LogP contribution in [0.2, 0.25) is 5.02 Å². The van der Waals surface area contributed by atoms with Gasteiger partial charge < -0.3 is 19.4 Å². The number of hydrogen-bond acceptors (Lipinski definition) is 4. The van der Waals surface area contributed by atoms with Crippen molar-refractivity contribution >= 4 is 23.2 Å². The molecule has 0 bridgehead atoms. The maximum absolute atomic E-state index is 12.6. The molecule has 3 rings (SSSR count). The SMILES string of the molecule is COc1ccc(NC(=O)c2ccc(=O)n(Cc3cccc(Cl)c3)c2)cc1OC. The zero-order valence-electron chi connectivity index (χ0n) is 15.4. The van der Waals surface area contributed by atoms with E-state index in [9.17, 15) is 9.59 Å². The van der Waals surface area contributed by atoms with Gasteiger partial charge in [0, 0.05) is 29.0 Å². The number of carbonyl (C=O) groups is 1. The van der Waals surface area contributed by atoms with Crippen molar-refractivity contribution in [3.63, 3.8) is 0 Å². The number of anilines is 1.